The monoisotopic (exact) mass is 384 g/mol. The summed E-state index contributed by atoms with van der Waals surface area (Å²) in [5, 5.41) is 16.7. The molecule has 1 unspecified atom stereocenters. The van der Waals surface area contributed by atoms with Gasteiger partial charge in [0.25, 0.3) is 0 Å². The molecule has 0 aliphatic heterocycles. The molecule has 0 fully saturated rings. The first-order chi connectivity index (χ1) is 13.5. The van der Waals surface area contributed by atoms with E-state index in [2.05, 4.69) is 10.5 Å². The summed E-state index contributed by atoms with van der Waals surface area (Å²) in [5.74, 6) is -0.431. The van der Waals surface area contributed by atoms with Crippen LogP contribution in [0.15, 0.2) is 47.0 Å². The molecule has 2 N–H and O–H groups in total. The number of benzene rings is 2. The molecule has 1 amide bonds. The highest BCUT2D eigenvalue weighted by Gasteiger charge is 2.21. The maximum Gasteiger partial charge on any atom is 0.305 e. The van der Waals surface area contributed by atoms with Crippen LogP contribution in [0.2, 0.25) is 0 Å². The Morgan fingerprint density at radius 3 is 2.61 bits per heavy atom. The van der Waals surface area contributed by atoms with E-state index in [1.165, 1.54) is 14.2 Å². The number of carboxylic acids is 1. The third kappa shape index (κ3) is 4.22. The lowest BCUT2D eigenvalue weighted by Crippen LogP contribution is -2.31. The summed E-state index contributed by atoms with van der Waals surface area (Å²) in [4.78, 5) is 23.9. The van der Waals surface area contributed by atoms with Crippen LogP contribution >= 0.6 is 0 Å². The molecule has 1 heterocycles. The molecule has 146 valence electrons. The van der Waals surface area contributed by atoms with Crippen molar-refractivity contribution in [2.45, 2.75) is 18.9 Å². The molecule has 0 saturated heterocycles. The second kappa shape index (κ2) is 8.43. The van der Waals surface area contributed by atoms with Gasteiger partial charge in [0.05, 0.1) is 33.1 Å². The number of hydrogen-bond donors (Lipinski definition) is 2. The molecule has 0 saturated carbocycles. The number of hydrogen-bond acceptors (Lipinski definition) is 6. The van der Waals surface area contributed by atoms with Crippen LogP contribution in [-0.4, -0.2) is 36.4 Å². The number of carboxylic acid groups (broad SMARTS) is 1. The lowest BCUT2D eigenvalue weighted by Gasteiger charge is -2.19. The second-order valence-electron chi connectivity index (χ2n) is 6.13. The van der Waals surface area contributed by atoms with Crippen LogP contribution in [0.25, 0.3) is 11.0 Å². The van der Waals surface area contributed by atoms with Gasteiger partial charge in [-0.05, 0) is 29.8 Å². The number of nitrogens with zero attached hydrogens (tertiary/aromatic N) is 1. The Morgan fingerprint density at radius 1 is 1.14 bits per heavy atom. The van der Waals surface area contributed by atoms with Crippen molar-refractivity contribution in [3.8, 4) is 11.5 Å². The number of carbonyl (C=O) groups excluding carboxylic acids is 1. The van der Waals surface area contributed by atoms with Crippen molar-refractivity contribution in [3.05, 3.63) is 53.7 Å². The largest absolute Gasteiger partial charge is 0.493 e. The van der Waals surface area contributed by atoms with Gasteiger partial charge in [-0.2, -0.15) is 0 Å². The number of fused-ring (bicyclic) bond motifs is 1. The van der Waals surface area contributed by atoms with Gasteiger partial charge < -0.3 is 24.4 Å². The summed E-state index contributed by atoms with van der Waals surface area (Å²) in [6.45, 7) is 0. The number of amides is 1. The molecule has 1 atom stereocenters. The molecule has 3 rings (SSSR count). The van der Waals surface area contributed by atoms with Gasteiger partial charge >= 0.3 is 5.97 Å². The van der Waals surface area contributed by atoms with Gasteiger partial charge in [-0.1, -0.05) is 23.4 Å². The van der Waals surface area contributed by atoms with E-state index in [9.17, 15) is 14.7 Å². The van der Waals surface area contributed by atoms with Gasteiger partial charge in [0.15, 0.2) is 17.1 Å². The average Bonchev–Trinajstić information content (AvgIpc) is 3.09. The predicted octanol–water partition coefficient (Wildman–Crippen LogP) is 2.72. The lowest BCUT2D eigenvalue weighted by atomic mass is 10.0. The smallest absolute Gasteiger partial charge is 0.305 e. The number of ether oxygens (including phenoxy) is 2. The molecule has 1 aromatic heterocycles. The highest BCUT2D eigenvalue weighted by atomic mass is 16.5. The summed E-state index contributed by atoms with van der Waals surface area (Å²) >= 11 is 0. The van der Waals surface area contributed by atoms with E-state index in [0.717, 1.165) is 5.39 Å². The van der Waals surface area contributed by atoms with Gasteiger partial charge in [-0.25, -0.2) is 0 Å². The summed E-state index contributed by atoms with van der Waals surface area (Å²) in [6.07, 6.45) is -0.304. The maximum atomic E-state index is 12.6. The third-order valence-electron chi connectivity index (χ3n) is 4.30. The Hall–Kier alpha value is -3.55. The molecule has 0 aliphatic carbocycles. The van der Waals surface area contributed by atoms with Gasteiger partial charge in [-0.15, -0.1) is 0 Å². The van der Waals surface area contributed by atoms with Crippen LogP contribution in [0.5, 0.6) is 11.5 Å². The maximum absolute atomic E-state index is 12.6. The van der Waals surface area contributed by atoms with Gasteiger partial charge in [0.1, 0.15) is 5.69 Å². The van der Waals surface area contributed by atoms with E-state index < -0.39 is 12.0 Å². The first kappa shape index (κ1) is 19.2. The van der Waals surface area contributed by atoms with Crippen LogP contribution in [0.4, 0.5) is 0 Å². The number of rotatable bonds is 8. The normalized spacial score (nSPS) is 11.8. The minimum absolute atomic E-state index is 0.0274. The van der Waals surface area contributed by atoms with E-state index in [4.69, 9.17) is 14.0 Å². The summed E-state index contributed by atoms with van der Waals surface area (Å²) < 4.78 is 15.7. The SMILES string of the molecule is COc1ccc(C(CC(=O)O)NC(=O)Cc2noc3ccccc23)cc1OC. The Kier molecular flexibility index (Phi) is 5.78. The molecule has 0 spiro atoms. The second-order valence-corrected chi connectivity index (χ2v) is 6.13. The Morgan fingerprint density at radius 2 is 1.89 bits per heavy atom. The number of nitrogens with one attached hydrogen (secondary N) is 1. The minimum atomic E-state index is -1.04. The molecule has 0 bridgehead atoms. The molecule has 28 heavy (non-hydrogen) atoms. The topological polar surface area (TPSA) is 111 Å². The molecule has 0 aliphatic rings. The quantitative estimate of drug-likeness (QED) is 0.614. The Balaban J connectivity index is 1.80. The zero-order valence-electron chi connectivity index (χ0n) is 15.5. The highest BCUT2D eigenvalue weighted by Crippen LogP contribution is 2.31. The van der Waals surface area contributed by atoms with Crippen LogP contribution in [0.3, 0.4) is 0 Å². The fourth-order valence-corrected chi connectivity index (χ4v) is 2.96. The molecular formula is C20H20N2O6. The van der Waals surface area contributed by atoms with Crippen LogP contribution < -0.4 is 14.8 Å². The minimum Gasteiger partial charge on any atom is -0.493 e. The first-order valence-corrected chi connectivity index (χ1v) is 8.58. The van der Waals surface area contributed by atoms with Crippen molar-refractivity contribution in [2.24, 2.45) is 0 Å². The van der Waals surface area contributed by atoms with Crippen molar-refractivity contribution in [1.29, 1.82) is 0 Å². The summed E-state index contributed by atoms with van der Waals surface area (Å²) in [7, 11) is 3.00. The predicted molar refractivity (Wildman–Crippen MR) is 100 cm³/mol. The van der Waals surface area contributed by atoms with Crippen molar-refractivity contribution >= 4 is 22.8 Å². The van der Waals surface area contributed by atoms with Crippen molar-refractivity contribution in [2.75, 3.05) is 14.2 Å². The number of aromatic nitrogens is 1. The highest BCUT2D eigenvalue weighted by molar-refractivity contribution is 5.86. The number of para-hydroxylation sites is 1. The molecular weight excluding hydrogens is 364 g/mol. The van der Waals surface area contributed by atoms with E-state index in [-0.39, 0.29) is 18.7 Å². The molecule has 0 radical (unpaired) electrons. The summed E-state index contributed by atoms with van der Waals surface area (Å²) in [5.41, 5.74) is 1.68. The molecule has 8 nitrogen and oxygen atoms in total. The van der Waals surface area contributed by atoms with Gasteiger partial charge in [-0.3, -0.25) is 9.59 Å². The van der Waals surface area contributed by atoms with E-state index >= 15 is 0 Å². The molecule has 2 aromatic carbocycles. The number of methoxy groups -OCH3 is 2. The summed E-state index contributed by atoms with van der Waals surface area (Å²) in [6, 6.07) is 11.5. The van der Waals surface area contributed by atoms with Crippen LogP contribution in [-0.2, 0) is 16.0 Å². The standard InChI is InChI=1S/C20H20N2O6/c1-26-17-8-7-12(9-18(17)27-2)14(11-20(24)25)21-19(23)10-15-13-5-3-4-6-16(13)28-22-15/h3-9,14H,10-11H2,1-2H3,(H,21,23)(H,24,25). The molecule has 8 heteroatoms. The van der Waals surface area contributed by atoms with Crippen molar-refractivity contribution in [3.63, 3.8) is 0 Å². The first-order valence-electron chi connectivity index (χ1n) is 8.58. The van der Waals surface area contributed by atoms with E-state index in [0.29, 0.717) is 28.3 Å². The fraction of sp³-hybridized carbons (Fsp3) is 0.250. The lowest BCUT2D eigenvalue weighted by molar-refractivity contribution is -0.137. The van der Waals surface area contributed by atoms with Crippen molar-refractivity contribution < 1.29 is 28.7 Å². The van der Waals surface area contributed by atoms with E-state index in [1.54, 1.807) is 24.3 Å². The van der Waals surface area contributed by atoms with Crippen molar-refractivity contribution in [1.82, 2.24) is 10.5 Å². The Labute approximate surface area is 161 Å². The Bertz CT molecular complexity index is 997. The van der Waals surface area contributed by atoms with Crippen LogP contribution in [0, 0.1) is 0 Å². The van der Waals surface area contributed by atoms with E-state index in [1.807, 2.05) is 18.2 Å². The van der Waals surface area contributed by atoms with Crippen LogP contribution in [0.1, 0.15) is 23.7 Å². The number of carbonyl (C=O) groups is 2. The number of aliphatic carboxylic acids is 1. The molecule has 3 aromatic rings. The fourth-order valence-electron chi connectivity index (χ4n) is 2.96. The van der Waals surface area contributed by atoms with Gasteiger partial charge in [0.2, 0.25) is 5.91 Å². The zero-order valence-corrected chi connectivity index (χ0v) is 15.5. The third-order valence-corrected chi connectivity index (χ3v) is 4.30. The average molecular weight is 384 g/mol. The zero-order chi connectivity index (χ0) is 20.1. The van der Waals surface area contributed by atoms with Gasteiger partial charge in [0, 0.05) is 5.39 Å².